The lowest BCUT2D eigenvalue weighted by Gasteiger charge is -2.05. The van der Waals surface area contributed by atoms with E-state index in [9.17, 15) is 5.11 Å². The average molecular weight is 319 g/mol. The van der Waals surface area contributed by atoms with Crippen LogP contribution in [0.15, 0.2) is 60.7 Å². The van der Waals surface area contributed by atoms with Gasteiger partial charge in [-0.05, 0) is 18.2 Å². The second-order valence-corrected chi connectivity index (χ2v) is 6.19. The topological polar surface area (TPSA) is 72.0 Å². The number of rotatable bonds is 2. The number of hydrogen-bond acceptors (Lipinski definition) is 5. The predicted octanol–water partition coefficient (Wildman–Crippen LogP) is 4.31. The molecule has 3 N–H and O–H groups in total. The maximum Gasteiger partial charge on any atom is 0.221 e. The summed E-state index contributed by atoms with van der Waals surface area (Å²) in [6.07, 6.45) is 0. The fraction of sp³-hybridized carbons (Fsp3) is 0. The first-order chi connectivity index (χ1) is 11.2. The third-order valence-corrected chi connectivity index (χ3v) is 4.80. The van der Waals surface area contributed by atoms with E-state index in [0.29, 0.717) is 10.6 Å². The molecule has 0 saturated heterocycles. The van der Waals surface area contributed by atoms with Gasteiger partial charge in [0.05, 0.1) is 16.3 Å². The quantitative estimate of drug-likeness (QED) is 0.577. The van der Waals surface area contributed by atoms with E-state index in [1.807, 2.05) is 60.7 Å². The van der Waals surface area contributed by atoms with Gasteiger partial charge in [-0.1, -0.05) is 42.5 Å². The van der Waals surface area contributed by atoms with E-state index in [-0.39, 0.29) is 11.7 Å². The first-order valence-electron chi connectivity index (χ1n) is 7.13. The van der Waals surface area contributed by atoms with E-state index in [0.717, 1.165) is 21.3 Å². The predicted molar refractivity (Wildman–Crippen MR) is 94.4 cm³/mol. The number of benzene rings is 2. The number of nitrogens with zero attached hydrogens (tertiary/aromatic N) is 2. The molecule has 0 saturated carbocycles. The molecule has 0 radical (unpaired) electrons. The first kappa shape index (κ1) is 13.7. The molecule has 0 spiro atoms. The van der Waals surface area contributed by atoms with Crippen LogP contribution >= 0.6 is 11.3 Å². The lowest BCUT2D eigenvalue weighted by Crippen LogP contribution is -1.98. The Labute approximate surface area is 136 Å². The zero-order valence-electron chi connectivity index (χ0n) is 12.1. The molecule has 2 heterocycles. The fourth-order valence-corrected chi connectivity index (χ4v) is 3.60. The Morgan fingerprint density at radius 3 is 2.35 bits per heavy atom. The number of hydrogen-bond donors (Lipinski definition) is 2. The fourth-order valence-electron chi connectivity index (χ4n) is 2.54. The molecule has 0 aliphatic rings. The van der Waals surface area contributed by atoms with Crippen molar-refractivity contribution >= 4 is 27.4 Å². The highest BCUT2D eigenvalue weighted by atomic mass is 32.1. The number of aromatic hydroxyl groups is 1. The third-order valence-electron chi connectivity index (χ3n) is 3.61. The molecule has 0 unspecified atom stereocenters. The highest BCUT2D eigenvalue weighted by molar-refractivity contribution is 7.22. The van der Waals surface area contributed by atoms with Crippen LogP contribution in [0.3, 0.4) is 0 Å². The maximum absolute atomic E-state index is 10.5. The van der Waals surface area contributed by atoms with E-state index >= 15 is 0 Å². The Bertz CT molecular complexity index is 996. The van der Waals surface area contributed by atoms with Crippen molar-refractivity contribution in [1.82, 2.24) is 9.97 Å². The van der Waals surface area contributed by atoms with Crippen molar-refractivity contribution in [2.75, 3.05) is 5.73 Å². The maximum atomic E-state index is 10.5. The molecule has 4 aromatic rings. The summed E-state index contributed by atoms with van der Waals surface area (Å²) < 4.78 is 1.01. The van der Waals surface area contributed by atoms with Crippen LogP contribution in [0, 0.1) is 0 Å². The van der Waals surface area contributed by atoms with Gasteiger partial charge < -0.3 is 10.8 Å². The summed E-state index contributed by atoms with van der Waals surface area (Å²) in [4.78, 5) is 9.31. The SMILES string of the molecule is Nc1nc(-c2ccccc2)cc(-c2sc3ccccc3c2O)n1. The summed E-state index contributed by atoms with van der Waals surface area (Å²) in [7, 11) is 0. The van der Waals surface area contributed by atoms with Crippen molar-refractivity contribution in [3.8, 4) is 27.6 Å². The molecule has 0 amide bonds. The van der Waals surface area contributed by atoms with Crippen LogP contribution in [-0.4, -0.2) is 15.1 Å². The molecular formula is C18H13N3OS. The van der Waals surface area contributed by atoms with Gasteiger partial charge >= 0.3 is 0 Å². The van der Waals surface area contributed by atoms with Crippen LogP contribution in [-0.2, 0) is 0 Å². The minimum absolute atomic E-state index is 0.193. The summed E-state index contributed by atoms with van der Waals surface area (Å²) in [5, 5.41) is 11.3. The average Bonchev–Trinajstić information content (AvgIpc) is 2.92. The van der Waals surface area contributed by atoms with Crippen molar-refractivity contribution in [1.29, 1.82) is 0 Å². The smallest absolute Gasteiger partial charge is 0.221 e. The molecule has 0 bridgehead atoms. The summed E-state index contributed by atoms with van der Waals surface area (Å²) in [6.45, 7) is 0. The standard InChI is InChI=1S/C18H13N3OS/c19-18-20-13(11-6-2-1-3-7-11)10-14(21-18)17-16(22)12-8-4-5-9-15(12)23-17/h1-10,22H,(H2,19,20,21). The molecule has 4 nitrogen and oxygen atoms in total. The summed E-state index contributed by atoms with van der Waals surface area (Å²) >= 11 is 1.49. The Balaban J connectivity index is 1.91. The van der Waals surface area contributed by atoms with E-state index in [2.05, 4.69) is 9.97 Å². The highest BCUT2D eigenvalue weighted by Gasteiger charge is 2.15. The van der Waals surface area contributed by atoms with Crippen LogP contribution in [0.1, 0.15) is 0 Å². The van der Waals surface area contributed by atoms with Gasteiger partial charge in [-0.3, -0.25) is 0 Å². The molecule has 112 valence electrons. The van der Waals surface area contributed by atoms with E-state index in [4.69, 9.17) is 5.73 Å². The zero-order chi connectivity index (χ0) is 15.8. The highest BCUT2D eigenvalue weighted by Crippen LogP contribution is 2.43. The minimum Gasteiger partial charge on any atom is -0.506 e. The Kier molecular flexibility index (Phi) is 3.20. The van der Waals surface area contributed by atoms with E-state index in [1.54, 1.807) is 0 Å². The summed E-state index contributed by atoms with van der Waals surface area (Å²) in [5.74, 6) is 0.431. The number of nitrogen functional groups attached to an aromatic ring is 1. The van der Waals surface area contributed by atoms with Gasteiger partial charge in [-0.2, -0.15) is 0 Å². The second-order valence-electron chi connectivity index (χ2n) is 5.14. The minimum atomic E-state index is 0.193. The summed E-state index contributed by atoms with van der Waals surface area (Å²) in [6, 6.07) is 19.4. The van der Waals surface area contributed by atoms with Crippen molar-refractivity contribution < 1.29 is 5.11 Å². The van der Waals surface area contributed by atoms with E-state index < -0.39 is 0 Å². The first-order valence-corrected chi connectivity index (χ1v) is 7.95. The molecule has 0 aliphatic carbocycles. The molecule has 5 heteroatoms. The monoisotopic (exact) mass is 319 g/mol. The van der Waals surface area contributed by atoms with Gasteiger partial charge in [0.15, 0.2) is 0 Å². The van der Waals surface area contributed by atoms with Crippen molar-refractivity contribution in [3.63, 3.8) is 0 Å². The lowest BCUT2D eigenvalue weighted by atomic mass is 10.1. The number of aromatic nitrogens is 2. The zero-order valence-corrected chi connectivity index (χ0v) is 12.9. The van der Waals surface area contributed by atoms with Crippen molar-refractivity contribution in [2.24, 2.45) is 0 Å². The Morgan fingerprint density at radius 2 is 1.57 bits per heavy atom. The Morgan fingerprint density at radius 1 is 0.870 bits per heavy atom. The lowest BCUT2D eigenvalue weighted by molar-refractivity contribution is 0.485. The van der Waals surface area contributed by atoms with Gasteiger partial charge in [0.25, 0.3) is 0 Å². The number of thiophene rings is 1. The molecule has 0 fully saturated rings. The third kappa shape index (κ3) is 2.41. The van der Waals surface area contributed by atoms with Gasteiger partial charge in [0.2, 0.25) is 5.95 Å². The molecule has 23 heavy (non-hydrogen) atoms. The van der Waals surface area contributed by atoms with Crippen LogP contribution in [0.5, 0.6) is 5.75 Å². The van der Waals surface area contributed by atoms with Gasteiger partial charge in [0, 0.05) is 15.6 Å². The molecule has 2 aromatic heterocycles. The van der Waals surface area contributed by atoms with Crippen LogP contribution < -0.4 is 5.73 Å². The van der Waals surface area contributed by atoms with Gasteiger partial charge in [0.1, 0.15) is 5.75 Å². The molecule has 0 aliphatic heterocycles. The summed E-state index contributed by atoms with van der Waals surface area (Å²) in [5.41, 5.74) is 8.22. The molecular weight excluding hydrogens is 306 g/mol. The van der Waals surface area contributed by atoms with Crippen LogP contribution in [0.25, 0.3) is 31.9 Å². The number of fused-ring (bicyclic) bond motifs is 1. The Hall–Kier alpha value is -2.92. The van der Waals surface area contributed by atoms with Crippen LogP contribution in [0.2, 0.25) is 0 Å². The van der Waals surface area contributed by atoms with E-state index in [1.165, 1.54) is 11.3 Å². The largest absolute Gasteiger partial charge is 0.506 e. The van der Waals surface area contributed by atoms with Crippen molar-refractivity contribution in [2.45, 2.75) is 0 Å². The van der Waals surface area contributed by atoms with Crippen molar-refractivity contribution in [3.05, 3.63) is 60.7 Å². The van der Waals surface area contributed by atoms with Gasteiger partial charge in [-0.25, -0.2) is 9.97 Å². The normalized spacial score (nSPS) is 11.0. The molecule has 2 aromatic carbocycles. The molecule has 4 rings (SSSR count). The molecule has 0 atom stereocenters. The number of anilines is 1. The van der Waals surface area contributed by atoms with Crippen LogP contribution in [0.4, 0.5) is 5.95 Å². The second kappa shape index (κ2) is 5.37. The van der Waals surface area contributed by atoms with Gasteiger partial charge in [-0.15, -0.1) is 11.3 Å². The number of nitrogens with two attached hydrogens (primary N) is 1.